The Balaban J connectivity index is 2.22. The van der Waals surface area contributed by atoms with E-state index in [0.29, 0.717) is 17.1 Å². The topological polar surface area (TPSA) is 95.0 Å². The summed E-state index contributed by atoms with van der Waals surface area (Å²) in [7, 11) is 0. The van der Waals surface area contributed by atoms with Crippen LogP contribution in [0.4, 0.5) is 11.5 Å². The molecule has 0 saturated heterocycles. The lowest BCUT2D eigenvalue weighted by molar-refractivity contribution is 0.276. The van der Waals surface area contributed by atoms with Crippen molar-refractivity contribution < 1.29 is 5.11 Å². The molecular weight excluding hydrogens is 240 g/mol. The lowest BCUT2D eigenvalue weighted by Crippen LogP contribution is -2.16. The maximum Gasteiger partial charge on any atom is 0.149 e. The second-order valence-electron chi connectivity index (χ2n) is 4.06. The second kappa shape index (κ2) is 5.85. The van der Waals surface area contributed by atoms with E-state index in [0.717, 1.165) is 5.56 Å². The summed E-state index contributed by atoms with van der Waals surface area (Å²) in [4.78, 5) is 4.09. The number of nitrogens with two attached hydrogens (primary N) is 1. The lowest BCUT2D eigenvalue weighted by atomic mass is 10.1. The molecule has 0 aliphatic carbocycles. The summed E-state index contributed by atoms with van der Waals surface area (Å²) in [6, 6.07) is 12.8. The van der Waals surface area contributed by atoms with Crippen molar-refractivity contribution in [3.05, 3.63) is 53.7 Å². The van der Waals surface area contributed by atoms with Crippen molar-refractivity contribution in [2.45, 2.75) is 6.04 Å². The smallest absolute Gasteiger partial charge is 0.149 e. The molecule has 1 aromatic heterocycles. The van der Waals surface area contributed by atoms with E-state index in [-0.39, 0.29) is 12.6 Å². The number of nitrogens with zero attached hydrogens (tertiary/aromatic N) is 2. The van der Waals surface area contributed by atoms with Gasteiger partial charge in [0.15, 0.2) is 0 Å². The fourth-order valence-electron chi connectivity index (χ4n) is 1.75. The number of nitrogen functional groups attached to an aromatic ring is 1. The molecule has 0 spiro atoms. The average Bonchev–Trinajstić information content (AvgIpc) is 2.47. The molecule has 0 bridgehead atoms. The number of aliphatic hydroxyl groups is 1. The molecule has 0 fully saturated rings. The Morgan fingerprint density at radius 3 is 2.68 bits per heavy atom. The van der Waals surface area contributed by atoms with Crippen molar-refractivity contribution in [2.24, 2.45) is 0 Å². The van der Waals surface area contributed by atoms with Crippen molar-refractivity contribution in [1.29, 1.82) is 5.26 Å². The fourth-order valence-corrected chi connectivity index (χ4v) is 1.75. The molecule has 5 nitrogen and oxygen atoms in total. The molecular formula is C14H14N4O. The number of pyridine rings is 1. The molecule has 5 heteroatoms. The number of benzene rings is 1. The Morgan fingerprint density at radius 2 is 2.11 bits per heavy atom. The summed E-state index contributed by atoms with van der Waals surface area (Å²) >= 11 is 0. The molecule has 0 aliphatic rings. The molecule has 2 aromatic rings. The Kier molecular flexibility index (Phi) is 3.96. The van der Waals surface area contributed by atoms with Crippen LogP contribution in [0.5, 0.6) is 0 Å². The third kappa shape index (κ3) is 3.00. The summed E-state index contributed by atoms with van der Waals surface area (Å²) in [5.41, 5.74) is 7.55. The first-order chi connectivity index (χ1) is 9.24. The minimum absolute atomic E-state index is 0.0782. The van der Waals surface area contributed by atoms with Gasteiger partial charge in [0, 0.05) is 6.20 Å². The normalized spacial score (nSPS) is 11.6. The largest absolute Gasteiger partial charge is 0.396 e. The van der Waals surface area contributed by atoms with Gasteiger partial charge < -0.3 is 16.2 Å². The predicted octanol–water partition coefficient (Wildman–Crippen LogP) is 1.68. The minimum Gasteiger partial charge on any atom is -0.396 e. The van der Waals surface area contributed by atoms with E-state index < -0.39 is 0 Å². The SMILES string of the molecule is N#Cc1cnc(NC(CO)c2ccccc2)c(N)c1. The van der Waals surface area contributed by atoms with Crippen LogP contribution in [0.2, 0.25) is 0 Å². The number of aliphatic hydroxyl groups excluding tert-OH is 1. The molecule has 0 radical (unpaired) electrons. The van der Waals surface area contributed by atoms with Gasteiger partial charge in [-0.2, -0.15) is 5.26 Å². The van der Waals surface area contributed by atoms with Gasteiger partial charge in [0.1, 0.15) is 11.9 Å². The Labute approximate surface area is 111 Å². The number of rotatable bonds is 4. The van der Waals surface area contributed by atoms with E-state index in [9.17, 15) is 5.11 Å². The number of aromatic nitrogens is 1. The summed E-state index contributed by atoms with van der Waals surface area (Å²) in [5.74, 6) is 0.460. The van der Waals surface area contributed by atoms with Gasteiger partial charge in [-0.05, 0) is 11.6 Å². The molecule has 1 aromatic carbocycles. The van der Waals surface area contributed by atoms with Crippen LogP contribution < -0.4 is 11.1 Å². The predicted molar refractivity (Wildman–Crippen MR) is 73.3 cm³/mol. The zero-order chi connectivity index (χ0) is 13.7. The summed E-state index contributed by atoms with van der Waals surface area (Å²) in [5, 5.41) is 21.3. The fraction of sp³-hybridized carbons (Fsp3) is 0.143. The zero-order valence-electron chi connectivity index (χ0n) is 10.2. The number of nitrogens with one attached hydrogen (secondary N) is 1. The highest BCUT2D eigenvalue weighted by atomic mass is 16.3. The van der Waals surface area contributed by atoms with Gasteiger partial charge in [0.05, 0.1) is 23.9 Å². The first-order valence-electron chi connectivity index (χ1n) is 5.82. The van der Waals surface area contributed by atoms with Crippen LogP contribution in [-0.4, -0.2) is 16.7 Å². The zero-order valence-corrected chi connectivity index (χ0v) is 10.2. The van der Waals surface area contributed by atoms with Gasteiger partial charge in [0.25, 0.3) is 0 Å². The number of hydrogen-bond donors (Lipinski definition) is 3. The van der Waals surface area contributed by atoms with Crippen molar-refractivity contribution >= 4 is 11.5 Å². The van der Waals surface area contributed by atoms with Crippen LogP contribution in [0.1, 0.15) is 17.2 Å². The van der Waals surface area contributed by atoms with Crippen molar-refractivity contribution in [3.8, 4) is 6.07 Å². The van der Waals surface area contributed by atoms with E-state index in [1.54, 1.807) is 6.07 Å². The molecule has 96 valence electrons. The molecule has 0 saturated carbocycles. The van der Waals surface area contributed by atoms with Gasteiger partial charge in [0.2, 0.25) is 0 Å². The first kappa shape index (κ1) is 12.9. The highest BCUT2D eigenvalue weighted by molar-refractivity contribution is 5.63. The van der Waals surface area contributed by atoms with E-state index in [4.69, 9.17) is 11.0 Å². The van der Waals surface area contributed by atoms with Crippen LogP contribution in [0.3, 0.4) is 0 Å². The van der Waals surface area contributed by atoms with Crippen LogP contribution in [-0.2, 0) is 0 Å². The third-order valence-electron chi connectivity index (χ3n) is 2.74. The van der Waals surface area contributed by atoms with Crippen molar-refractivity contribution in [1.82, 2.24) is 4.98 Å². The van der Waals surface area contributed by atoms with E-state index in [1.807, 2.05) is 36.4 Å². The Morgan fingerprint density at radius 1 is 1.37 bits per heavy atom. The summed E-state index contributed by atoms with van der Waals surface area (Å²) < 4.78 is 0. The molecule has 0 aliphatic heterocycles. The average molecular weight is 254 g/mol. The van der Waals surface area contributed by atoms with Gasteiger partial charge in [-0.25, -0.2) is 4.98 Å². The molecule has 4 N–H and O–H groups in total. The summed E-state index contributed by atoms with van der Waals surface area (Å²) in [6.07, 6.45) is 1.44. The number of nitriles is 1. The quantitative estimate of drug-likeness (QED) is 0.771. The van der Waals surface area contributed by atoms with E-state index >= 15 is 0 Å². The first-order valence-corrected chi connectivity index (χ1v) is 5.82. The summed E-state index contributed by atoms with van der Waals surface area (Å²) in [6.45, 7) is -0.0782. The van der Waals surface area contributed by atoms with Crippen LogP contribution >= 0.6 is 0 Å². The highest BCUT2D eigenvalue weighted by Gasteiger charge is 2.12. The van der Waals surface area contributed by atoms with E-state index in [2.05, 4.69) is 10.3 Å². The lowest BCUT2D eigenvalue weighted by Gasteiger charge is -2.18. The van der Waals surface area contributed by atoms with Gasteiger partial charge in [-0.15, -0.1) is 0 Å². The van der Waals surface area contributed by atoms with Crippen molar-refractivity contribution in [2.75, 3.05) is 17.7 Å². The van der Waals surface area contributed by atoms with Crippen LogP contribution in [0.25, 0.3) is 0 Å². The maximum absolute atomic E-state index is 9.45. The van der Waals surface area contributed by atoms with Crippen LogP contribution in [0.15, 0.2) is 42.6 Å². The van der Waals surface area contributed by atoms with Crippen LogP contribution in [0, 0.1) is 11.3 Å². The molecule has 1 atom stereocenters. The standard InChI is InChI=1S/C14H14N4O/c15-7-10-6-12(16)14(17-8-10)18-13(9-19)11-4-2-1-3-5-11/h1-6,8,13,19H,9,16H2,(H,17,18). The Bertz CT molecular complexity index is 592. The van der Waals surface area contributed by atoms with Gasteiger partial charge in [-0.1, -0.05) is 30.3 Å². The molecule has 1 heterocycles. The maximum atomic E-state index is 9.45. The highest BCUT2D eigenvalue weighted by Crippen LogP contribution is 2.22. The third-order valence-corrected chi connectivity index (χ3v) is 2.74. The van der Waals surface area contributed by atoms with E-state index in [1.165, 1.54) is 6.20 Å². The number of hydrogen-bond acceptors (Lipinski definition) is 5. The number of anilines is 2. The molecule has 1 unspecified atom stereocenters. The van der Waals surface area contributed by atoms with Crippen molar-refractivity contribution in [3.63, 3.8) is 0 Å². The molecule has 2 rings (SSSR count). The monoisotopic (exact) mass is 254 g/mol. The molecule has 0 amide bonds. The minimum atomic E-state index is -0.288. The second-order valence-corrected chi connectivity index (χ2v) is 4.06. The Hall–Kier alpha value is -2.58. The van der Waals surface area contributed by atoms with Gasteiger partial charge in [-0.3, -0.25) is 0 Å². The van der Waals surface area contributed by atoms with Gasteiger partial charge >= 0.3 is 0 Å². The molecule has 19 heavy (non-hydrogen) atoms.